The monoisotopic (exact) mass is 633 g/mol. The maximum absolute atomic E-state index is 13.0. The van der Waals surface area contributed by atoms with Crippen LogP contribution in [0.25, 0.3) is 11.5 Å². The second-order valence-corrected chi connectivity index (χ2v) is 9.65. The van der Waals surface area contributed by atoms with Gasteiger partial charge in [-0.05, 0) is 24.1 Å². The minimum atomic E-state index is -5.10. The van der Waals surface area contributed by atoms with E-state index in [4.69, 9.17) is 10.2 Å². The van der Waals surface area contributed by atoms with Crippen LogP contribution >= 0.6 is 0 Å². The number of nitrogens with two attached hydrogens (primary N) is 1. The van der Waals surface area contributed by atoms with Crippen LogP contribution in [-0.2, 0) is 25.6 Å². The summed E-state index contributed by atoms with van der Waals surface area (Å²) in [4.78, 5) is 61.5. The lowest BCUT2D eigenvalue weighted by atomic mass is 10.0. The molecular formula is C28H30F3N7O7. The molecule has 7 N–H and O–H groups in total. The topological polar surface area (TPSA) is 219 Å². The highest BCUT2D eigenvalue weighted by atomic mass is 19.4. The number of aliphatic hydroxyl groups is 1. The van der Waals surface area contributed by atoms with Crippen LogP contribution in [0.2, 0.25) is 0 Å². The number of benzene rings is 2. The number of nitrogens with one attached hydrogen (secondary N) is 4. The van der Waals surface area contributed by atoms with E-state index in [-0.39, 0.29) is 12.3 Å². The van der Waals surface area contributed by atoms with Gasteiger partial charge in [0, 0.05) is 18.4 Å². The smallest absolute Gasteiger partial charge is 0.412 e. The summed E-state index contributed by atoms with van der Waals surface area (Å²) in [5.74, 6) is -4.90. The zero-order chi connectivity index (χ0) is 33.0. The summed E-state index contributed by atoms with van der Waals surface area (Å²) in [6.07, 6.45) is -9.30. The van der Waals surface area contributed by atoms with Crippen molar-refractivity contribution >= 4 is 29.5 Å². The van der Waals surface area contributed by atoms with Crippen LogP contribution < -0.4 is 27.0 Å². The number of aliphatic hydroxyl groups excluding tert-OH is 1. The average molecular weight is 634 g/mol. The molecule has 3 rings (SSSR count). The van der Waals surface area contributed by atoms with Crippen molar-refractivity contribution in [2.45, 2.75) is 43.6 Å². The lowest BCUT2D eigenvalue weighted by Gasteiger charge is -2.26. The van der Waals surface area contributed by atoms with Crippen molar-refractivity contribution in [2.75, 3.05) is 13.1 Å². The molecular weight excluding hydrogens is 603 g/mol. The number of alkyl halides is 3. The van der Waals surface area contributed by atoms with E-state index in [2.05, 4.69) is 26.1 Å². The third kappa shape index (κ3) is 11.0. The van der Waals surface area contributed by atoms with Gasteiger partial charge in [-0.15, -0.1) is 10.2 Å². The Kier molecular flexibility index (Phi) is 12.1. The Morgan fingerprint density at radius 2 is 1.47 bits per heavy atom. The highest BCUT2D eigenvalue weighted by molar-refractivity contribution is 5.95. The molecule has 1 heterocycles. The molecule has 240 valence electrons. The number of hydrogen-bond acceptors (Lipinski definition) is 9. The van der Waals surface area contributed by atoms with Gasteiger partial charge < -0.3 is 36.5 Å². The fourth-order valence-electron chi connectivity index (χ4n) is 3.94. The number of rotatable bonds is 15. The summed E-state index contributed by atoms with van der Waals surface area (Å²) in [5, 5.41) is 25.9. The molecule has 0 saturated carbocycles. The fourth-order valence-corrected chi connectivity index (χ4v) is 3.94. The van der Waals surface area contributed by atoms with Crippen molar-refractivity contribution in [1.29, 1.82) is 0 Å². The Morgan fingerprint density at radius 1 is 0.867 bits per heavy atom. The second-order valence-electron chi connectivity index (χ2n) is 9.65. The molecule has 0 aliphatic carbocycles. The van der Waals surface area contributed by atoms with Gasteiger partial charge in [0.1, 0.15) is 6.04 Å². The number of hydrogen-bond donors (Lipinski definition) is 6. The Hall–Kier alpha value is -5.32. The van der Waals surface area contributed by atoms with Gasteiger partial charge >= 0.3 is 18.0 Å². The molecule has 0 saturated heterocycles. The molecule has 2 unspecified atom stereocenters. The molecule has 3 atom stereocenters. The predicted molar refractivity (Wildman–Crippen MR) is 150 cm³/mol. The average Bonchev–Trinajstić information content (AvgIpc) is 3.51. The second kappa shape index (κ2) is 15.9. The van der Waals surface area contributed by atoms with E-state index >= 15 is 0 Å². The van der Waals surface area contributed by atoms with Crippen molar-refractivity contribution in [3.8, 4) is 11.5 Å². The van der Waals surface area contributed by atoms with Gasteiger partial charge in [-0.25, -0.2) is 0 Å². The first-order valence-corrected chi connectivity index (χ1v) is 13.4. The van der Waals surface area contributed by atoms with E-state index in [9.17, 15) is 42.3 Å². The first-order chi connectivity index (χ1) is 21.3. The van der Waals surface area contributed by atoms with Gasteiger partial charge in [0.05, 0.1) is 19.1 Å². The standard InChI is InChI=1S/C28H30F3N7O7/c29-28(30,31)23(42)18(11-12-20(32)39)35-21(40)14-33-24(43)19(13-16-7-3-1-4-8-16)36-22(41)15-34-25(44)27-38-37-26(45-27)17-9-5-2-6-10-17/h1-10,18-19,23,42H,11-15H2,(H2,32,39)(H,33,43)(H,34,44)(H,35,40)(H,36,41)/t18?,19-,23?/m0/s1. The molecule has 0 spiro atoms. The first kappa shape index (κ1) is 34.2. The van der Waals surface area contributed by atoms with Crippen LogP contribution in [0.3, 0.4) is 0 Å². The van der Waals surface area contributed by atoms with Crippen LogP contribution in [0.1, 0.15) is 29.1 Å². The van der Waals surface area contributed by atoms with E-state index in [1.807, 2.05) is 5.32 Å². The Bertz CT molecular complexity index is 1470. The molecule has 17 heteroatoms. The summed E-state index contributed by atoms with van der Waals surface area (Å²) < 4.78 is 44.4. The van der Waals surface area contributed by atoms with E-state index in [0.29, 0.717) is 11.1 Å². The van der Waals surface area contributed by atoms with Crippen molar-refractivity contribution in [3.63, 3.8) is 0 Å². The zero-order valence-corrected chi connectivity index (χ0v) is 23.5. The number of nitrogens with zero attached hydrogens (tertiary/aromatic N) is 2. The van der Waals surface area contributed by atoms with Crippen LogP contribution in [0.5, 0.6) is 0 Å². The van der Waals surface area contributed by atoms with E-state index in [0.717, 1.165) is 0 Å². The van der Waals surface area contributed by atoms with Gasteiger partial charge in [0.2, 0.25) is 29.5 Å². The fraction of sp³-hybridized carbons (Fsp3) is 0.321. The Labute approximate surface area is 253 Å². The molecule has 0 aliphatic heterocycles. The van der Waals surface area contributed by atoms with Crippen molar-refractivity contribution in [3.05, 3.63) is 72.1 Å². The predicted octanol–water partition coefficient (Wildman–Crippen LogP) is -0.0164. The molecule has 2 aromatic carbocycles. The summed E-state index contributed by atoms with van der Waals surface area (Å²) in [7, 11) is 0. The van der Waals surface area contributed by atoms with Crippen LogP contribution in [0, 0.1) is 0 Å². The van der Waals surface area contributed by atoms with Crippen LogP contribution in [-0.4, -0.2) is 82.3 Å². The lowest BCUT2D eigenvalue weighted by Crippen LogP contribution is -2.54. The van der Waals surface area contributed by atoms with Crippen molar-refractivity contribution in [1.82, 2.24) is 31.5 Å². The molecule has 0 bridgehead atoms. The zero-order valence-electron chi connectivity index (χ0n) is 23.5. The first-order valence-electron chi connectivity index (χ1n) is 13.4. The number of aromatic nitrogens is 2. The third-order valence-electron chi connectivity index (χ3n) is 6.17. The van der Waals surface area contributed by atoms with Crippen LogP contribution in [0.4, 0.5) is 13.2 Å². The van der Waals surface area contributed by atoms with E-state index in [1.54, 1.807) is 60.7 Å². The van der Waals surface area contributed by atoms with Crippen LogP contribution in [0.15, 0.2) is 65.1 Å². The summed E-state index contributed by atoms with van der Waals surface area (Å²) in [6.45, 7) is -1.42. The summed E-state index contributed by atoms with van der Waals surface area (Å²) in [5.41, 5.74) is 6.15. The van der Waals surface area contributed by atoms with E-state index in [1.165, 1.54) is 0 Å². The SMILES string of the molecule is NC(=O)CCC(NC(=O)CNC(=O)[C@H](Cc1ccccc1)NC(=O)CNC(=O)c1nnc(-c2ccccc2)o1)C(O)C(F)(F)F. The minimum absolute atomic E-state index is 0.0495. The van der Waals surface area contributed by atoms with E-state index < -0.39 is 85.7 Å². The Morgan fingerprint density at radius 3 is 2.09 bits per heavy atom. The molecule has 0 radical (unpaired) electrons. The molecule has 3 aromatic rings. The molecule has 14 nitrogen and oxygen atoms in total. The molecule has 5 amide bonds. The minimum Gasteiger partial charge on any atom is -0.412 e. The Balaban J connectivity index is 1.59. The van der Waals surface area contributed by atoms with Gasteiger partial charge in [-0.2, -0.15) is 13.2 Å². The largest absolute Gasteiger partial charge is 0.416 e. The maximum atomic E-state index is 13.0. The molecule has 45 heavy (non-hydrogen) atoms. The number of halogens is 3. The summed E-state index contributed by atoms with van der Waals surface area (Å²) in [6, 6.07) is 13.9. The number of carbonyl (C=O) groups excluding carboxylic acids is 5. The van der Waals surface area contributed by atoms with Gasteiger partial charge in [0.25, 0.3) is 0 Å². The highest BCUT2D eigenvalue weighted by Crippen LogP contribution is 2.24. The normalized spacial score (nSPS) is 13.2. The highest BCUT2D eigenvalue weighted by Gasteiger charge is 2.44. The molecule has 0 aliphatic rings. The van der Waals surface area contributed by atoms with Crippen molar-refractivity contribution in [2.24, 2.45) is 5.73 Å². The number of amides is 5. The summed E-state index contributed by atoms with van der Waals surface area (Å²) >= 11 is 0. The third-order valence-corrected chi connectivity index (χ3v) is 6.17. The lowest BCUT2D eigenvalue weighted by molar-refractivity contribution is -0.212. The van der Waals surface area contributed by atoms with Gasteiger partial charge in [0.15, 0.2) is 6.10 Å². The number of carbonyl (C=O) groups is 5. The number of primary amides is 1. The quantitative estimate of drug-likeness (QED) is 0.132. The molecule has 1 aromatic heterocycles. The van der Waals surface area contributed by atoms with Gasteiger partial charge in [-0.3, -0.25) is 24.0 Å². The van der Waals surface area contributed by atoms with Crippen molar-refractivity contribution < 1.29 is 46.7 Å². The van der Waals surface area contributed by atoms with Gasteiger partial charge in [-0.1, -0.05) is 48.5 Å². The maximum Gasteiger partial charge on any atom is 0.416 e. The molecule has 0 fully saturated rings.